The molecule has 2 aliphatic heterocycles. The summed E-state index contributed by atoms with van der Waals surface area (Å²) >= 11 is 0. The second-order valence-corrected chi connectivity index (χ2v) is 7.38. The number of amides is 1. The maximum absolute atomic E-state index is 14.9. The molecule has 0 aliphatic carbocycles. The van der Waals surface area contributed by atoms with Gasteiger partial charge in [0.1, 0.15) is 11.6 Å². The van der Waals surface area contributed by atoms with Crippen molar-refractivity contribution in [3.8, 4) is 5.75 Å². The summed E-state index contributed by atoms with van der Waals surface area (Å²) in [4.78, 5) is 14.7. The molecule has 5 heteroatoms. The molecule has 0 saturated carbocycles. The number of nitrogens with zero attached hydrogens (tertiary/aromatic N) is 1. The third-order valence-corrected chi connectivity index (χ3v) is 5.48. The van der Waals surface area contributed by atoms with Gasteiger partial charge in [-0.25, -0.2) is 4.39 Å². The van der Waals surface area contributed by atoms with Gasteiger partial charge < -0.3 is 15.0 Å². The molecule has 27 heavy (non-hydrogen) atoms. The van der Waals surface area contributed by atoms with E-state index in [1.165, 1.54) is 0 Å². The molecule has 1 saturated heterocycles. The fourth-order valence-corrected chi connectivity index (χ4v) is 3.97. The molecule has 2 aromatic carbocycles. The minimum Gasteiger partial charge on any atom is -0.493 e. The van der Waals surface area contributed by atoms with Crippen molar-refractivity contribution in [1.29, 1.82) is 0 Å². The Morgan fingerprint density at radius 3 is 2.93 bits per heavy atom. The number of likely N-dealkylation sites (tertiary alicyclic amines) is 1. The van der Waals surface area contributed by atoms with Crippen molar-refractivity contribution < 1.29 is 13.9 Å². The number of fused-ring (bicyclic) bond motifs is 1. The van der Waals surface area contributed by atoms with Gasteiger partial charge in [0.05, 0.1) is 12.2 Å². The van der Waals surface area contributed by atoms with Gasteiger partial charge in [-0.3, -0.25) is 4.79 Å². The summed E-state index contributed by atoms with van der Waals surface area (Å²) < 4.78 is 20.8. The molecule has 1 unspecified atom stereocenters. The normalized spacial score (nSPS) is 19.4. The molecule has 4 nitrogen and oxygen atoms in total. The fourth-order valence-electron chi connectivity index (χ4n) is 3.97. The minimum absolute atomic E-state index is 0.196. The zero-order valence-corrected chi connectivity index (χ0v) is 15.4. The van der Waals surface area contributed by atoms with E-state index in [4.69, 9.17) is 4.74 Å². The molecule has 0 aromatic heterocycles. The lowest BCUT2D eigenvalue weighted by Crippen LogP contribution is -2.42. The first-order chi connectivity index (χ1) is 13.2. The van der Waals surface area contributed by atoms with E-state index < -0.39 is 0 Å². The SMILES string of the molecule is O=C(c1ccc2c(c1F)CNCC2)N1CCCC(COc2ccccc2)C1. The van der Waals surface area contributed by atoms with E-state index in [2.05, 4.69) is 5.32 Å². The van der Waals surface area contributed by atoms with Gasteiger partial charge in [0.15, 0.2) is 0 Å². The maximum Gasteiger partial charge on any atom is 0.256 e. The third-order valence-electron chi connectivity index (χ3n) is 5.48. The predicted octanol–water partition coefficient (Wildman–Crippen LogP) is 3.40. The summed E-state index contributed by atoms with van der Waals surface area (Å²) in [6, 6.07) is 13.3. The first kappa shape index (κ1) is 18.0. The summed E-state index contributed by atoms with van der Waals surface area (Å²) in [5.41, 5.74) is 1.85. The van der Waals surface area contributed by atoms with Gasteiger partial charge in [-0.05, 0) is 49.6 Å². The second-order valence-electron chi connectivity index (χ2n) is 7.38. The van der Waals surface area contributed by atoms with Gasteiger partial charge in [-0.1, -0.05) is 24.3 Å². The highest BCUT2D eigenvalue weighted by atomic mass is 19.1. The highest BCUT2D eigenvalue weighted by Gasteiger charge is 2.28. The molecule has 2 aliphatic rings. The van der Waals surface area contributed by atoms with Crippen LogP contribution >= 0.6 is 0 Å². The number of piperidine rings is 1. The summed E-state index contributed by atoms with van der Waals surface area (Å²) in [5, 5.41) is 3.19. The highest BCUT2D eigenvalue weighted by molar-refractivity contribution is 5.95. The first-order valence-electron chi connectivity index (χ1n) is 9.70. The zero-order chi connectivity index (χ0) is 18.6. The molecule has 1 atom stereocenters. The van der Waals surface area contributed by atoms with Crippen LogP contribution in [0.2, 0.25) is 0 Å². The Morgan fingerprint density at radius 2 is 2.07 bits per heavy atom. The summed E-state index contributed by atoms with van der Waals surface area (Å²) in [7, 11) is 0. The number of halogens is 1. The van der Waals surface area contributed by atoms with Crippen molar-refractivity contribution in [1.82, 2.24) is 10.2 Å². The van der Waals surface area contributed by atoms with Gasteiger partial charge >= 0.3 is 0 Å². The fraction of sp³-hybridized carbons (Fsp3) is 0.409. The van der Waals surface area contributed by atoms with Crippen LogP contribution in [0.25, 0.3) is 0 Å². The summed E-state index contributed by atoms with van der Waals surface area (Å²) in [5.74, 6) is 0.553. The van der Waals surface area contributed by atoms with Crippen LogP contribution in [0.1, 0.15) is 34.3 Å². The molecule has 4 rings (SSSR count). The van der Waals surface area contributed by atoms with Crippen molar-refractivity contribution >= 4 is 5.91 Å². The van der Waals surface area contributed by atoms with E-state index in [0.717, 1.165) is 37.1 Å². The van der Waals surface area contributed by atoms with E-state index >= 15 is 0 Å². The molecule has 142 valence electrons. The smallest absolute Gasteiger partial charge is 0.256 e. The third kappa shape index (κ3) is 3.98. The lowest BCUT2D eigenvalue weighted by molar-refractivity contribution is 0.0628. The minimum atomic E-state index is -0.354. The second kappa shape index (κ2) is 8.09. The Labute approximate surface area is 159 Å². The number of hydrogen-bond donors (Lipinski definition) is 1. The van der Waals surface area contributed by atoms with Crippen LogP contribution in [0.5, 0.6) is 5.75 Å². The number of nitrogens with one attached hydrogen (secondary N) is 1. The monoisotopic (exact) mass is 368 g/mol. The van der Waals surface area contributed by atoms with E-state index in [1.807, 2.05) is 36.4 Å². The highest BCUT2D eigenvalue weighted by Crippen LogP contribution is 2.25. The van der Waals surface area contributed by atoms with E-state index in [0.29, 0.717) is 31.8 Å². The maximum atomic E-state index is 14.9. The van der Waals surface area contributed by atoms with Crippen molar-refractivity contribution in [3.05, 3.63) is 65.0 Å². The lowest BCUT2D eigenvalue weighted by Gasteiger charge is -2.33. The number of carbonyl (C=O) groups is 1. The van der Waals surface area contributed by atoms with Gasteiger partial charge in [-0.15, -0.1) is 0 Å². The van der Waals surface area contributed by atoms with Crippen LogP contribution in [0.15, 0.2) is 42.5 Å². The van der Waals surface area contributed by atoms with Crippen LogP contribution in [-0.2, 0) is 13.0 Å². The number of para-hydroxylation sites is 1. The van der Waals surface area contributed by atoms with Crippen LogP contribution < -0.4 is 10.1 Å². The topological polar surface area (TPSA) is 41.6 Å². The molecule has 1 fully saturated rings. The average Bonchev–Trinajstić information content (AvgIpc) is 2.73. The molecule has 1 amide bonds. The van der Waals surface area contributed by atoms with Crippen LogP contribution in [0.4, 0.5) is 4.39 Å². The predicted molar refractivity (Wildman–Crippen MR) is 102 cm³/mol. The molecule has 2 heterocycles. The average molecular weight is 368 g/mol. The first-order valence-corrected chi connectivity index (χ1v) is 9.70. The number of hydrogen-bond acceptors (Lipinski definition) is 3. The molecule has 0 spiro atoms. The molecule has 0 bridgehead atoms. The molecular weight excluding hydrogens is 343 g/mol. The van der Waals surface area contributed by atoms with Crippen molar-refractivity contribution in [2.24, 2.45) is 5.92 Å². The standard InChI is InChI=1S/C22H25FN2O2/c23-21-19(9-8-17-10-11-24-13-20(17)21)22(26)25-12-4-5-16(14-25)15-27-18-6-2-1-3-7-18/h1-3,6-9,16,24H,4-5,10-15H2. The van der Waals surface area contributed by atoms with Gasteiger partial charge in [0.25, 0.3) is 5.91 Å². The summed E-state index contributed by atoms with van der Waals surface area (Å²) in [6.07, 6.45) is 2.75. The van der Waals surface area contributed by atoms with E-state index in [9.17, 15) is 9.18 Å². The van der Waals surface area contributed by atoms with Gasteiger partial charge in [0, 0.05) is 31.1 Å². The Hall–Kier alpha value is -2.40. The number of benzene rings is 2. The molecular formula is C22H25FN2O2. The molecule has 2 aromatic rings. The number of ether oxygens (including phenoxy) is 1. The van der Waals surface area contributed by atoms with E-state index in [1.54, 1.807) is 11.0 Å². The molecule has 0 radical (unpaired) electrons. The Kier molecular flexibility index (Phi) is 5.39. The lowest BCUT2D eigenvalue weighted by atomic mass is 9.95. The van der Waals surface area contributed by atoms with Crippen molar-refractivity contribution in [2.75, 3.05) is 26.2 Å². The zero-order valence-electron chi connectivity index (χ0n) is 15.4. The van der Waals surface area contributed by atoms with Crippen LogP contribution in [0, 0.1) is 11.7 Å². The Morgan fingerprint density at radius 1 is 1.22 bits per heavy atom. The van der Waals surface area contributed by atoms with Gasteiger partial charge in [0.2, 0.25) is 0 Å². The largest absolute Gasteiger partial charge is 0.493 e. The van der Waals surface area contributed by atoms with Crippen molar-refractivity contribution in [2.45, 2.75) is 25.8 Å². The Balaban J connectivity index is 1.43. The van der Waals surface area contributed by atoms with Crippen LogP contribution in [0.3, 0.4) is 0 Å². The van der Waals surface area contributed by atoms with Crippen LogP contribution in [-0.4, -0.2) is 37.0 Å². The Bertz CT molecular complexity index is 809. The van der Waals surface area contributed by atoms with Crippen molar-refractivity contribution in [3.63, 3.8) is 0 Å². The van der Waals surface area contributed by atoms with Gasteiger partial charge in [-0.2, -0.15) is 0 Å². The summed E-state index contributed by atoms with van der Waals surface area (Å²) in [6.45, 7) is 3.21. The quantitative estimate of drug-likeness (QED) is 0.899. The molecule has 1 N–H and O–H groups in total. The number of rotatable bonds is 4. The van der Waals surface area contributed by atoms with E-state index in [-0.39, 0.29) is 23.2 Å². The number of carbonyl (C=O) groups excluding carboxylic acids is 1.